The SMILES string of the molecule is CCNCCNCCc1ccc(SC(C)C)cc1. The van der Waals surface area contributed by atoms with Crippen LogP contribution in [0.1, 0.15) is 26.3 Å². The van der Waals surface area contributed by atoms with E-state index in [0.717, 1.165) is 32.6 Å². The van der Waals surface area contributed by atoms with Gasteiger partial charge in [0.25, 0.3) is 0 Å². The normalized spacial score (nSPS) is 11.1. The first-order valence-corrected chi connectivity index (χ1v) is 7.77. The Morgan fingerprint density at radius 2 is 1.67 bits per heavy atom. The maximum atomic E-state index is 3.45. The van der Waals surface area contributed by atoms with Gasteiger partial charge in [0.05, 0.1) is 0 Å². The molecule has 102 valence electrons. The number of nitrogens with one attached hydrogen (secondary N) is 2. The van der Waals surface area contributed by atoms with Gasteiger partial charge in [0.1, 0.15) is 0 Å². The highest BCUT2D eigenvalue weighted by Crippen LogP contribution is 2.22. The summed E-state index contributed by atoms with van der Waals surface area (Å²) in [4.78, 5) is 1.37. The smallest absolute Gasteiger partial charge is 0.00768 e. The first-order valence-electron chi connectivity index (χ1n) is 6.89. The predicted octanol–water partition coefficient (Wildman–Crippen LogP) is 2.93. The third-order valence-corrected chi connectivity index (χ3v) is 3.63. The average Bonchev–Trinajstić information content (AvgIpc) is 2.35. The molecule has 0 bridgehead atoms. The van der Waals surface area contributed by atoms with E-state index in [-0.39, 0.29) is 0 Å². The molecular formula is C15H26N2S. The van der Waals surface area contributed by atoms with Crippen LogP contribution in [0.25, 0.3) is 0 Å². The van der Waals surface area contributed by atoms with Crippen LogP contribution in [0, 0.1) is 0 Å². The fourth-order valence-electron chi connectivity index (χ4n) is 1.72. The Kier molecular flexibility index (Phi) is 8.14. The Labute approximate surface area is 116 Å². The van der Waals surface area contributed by atoms with Gasteiger partial charge in [-0.15, -0.1) is 11.8 Å². The molecule has 2 nitrogen and oxygen atoms in total. The molecule has 0 aromatic heterocycles. The summed E-state index contributed by atoms with van der Waals surface area (Å²) in [6.07, 6.45) is 1.11. The molecule has 2 N–H and O–H groups in total. The number of likely N-dealkylation sites (N-methyl/N-ethyl adjacent to an activating group) is 1. The molecular weight excluding hydrogens is 240 g/mol. The summed E-state index contributed by atoms with van der Waals surface area (Å²) in [6.45, 7) is 10.8. The van der Waals surface area contributed by atoms with Crippen molar-refractivity contribution in [2.24, 2.45) is 0 Å². The monoisotopic (exact) mass is 266 g/mol. The highest BCUT2D eigenvalue weighted by Gasteiger charge is 1.98. The molecule has 0 unspecified atom stereocenters. The van der Waals surface area contributed by atoms with Crippen LogP contribution in [0.5, 0.6) is 0 Å². The molecule has 0 saturated heterocycles. The van der Waals surface area contributed by atoms with Gasteiger partial charge in [-0.25, -0.2) is 0 Å². The van der Waals surface area contributed by atoms with Crippen molar-refractivity contribution >= 4 is 11.8 Å². The maximum absolute atomic E-state index is 3.45. The third-order valence-electron chi connectivity index (χ3n) is 2.61. The van der Waals surface area contributed by atoms with Crippen molar-refractivity contribution in [3.8, 4) is 0 Å². The summed E-state index contributed by atoms with van der Waals surface area (Å²) in [5.41, 5.74) is 1.42. The lowest BCUT2D eigenvalue weighted by Crippen LogP contribution is -2.28. The van der Waals surface area contributed by atoms with Crippen LogP contribution in [-0.4, -0.2) is 31.4 Å². The molecule has 0 saturated carbocycles. The first-order chi connectivity index (χ1) is 8.72. The molecule has 0 heterocycles. The second-order valence-corrected chi connectivity index (χ2v) is 6.31. The lowest BCUT2D eigenvalue weighted by atomic mass is 10.1. The average molecular weight is 266 g/mol. The summed E-state index contributed by atoms with van der Waals surface area (Å²) in [6, 6.07) is 8.96. The summed E-state index contributed by atoms with van der Waals surface area (Å²) in [5, 5.41) is 7.41. The fourth-order valence-corrected chi connectivity index (χ4v) is 2.56. The van der Waals surface area contributed by atoms with Crippen LogP contribution in [-0.2, 0) is 6.42 Å². The molecule has 0 aliphatic heterocycles. The van der Waals surface area contributed by atoms with Crippen molar-refractivity contribution in [1.29, 1.82) is 0 Å². The summed E-state index contributed by atoms with van der Waals surface area (Å²) >= 11 is 1.92. The van der Waals surface area contributed by atoms with Crippen molar-refractivity contribution in [2.75, 3.05) is 26.2 Å². The summed E-state index contributed by atoms with van der Waals surface area (Å²) in [7, 11) is 0. The van der Waals surface area contributed by atoms with E-state index in [0.29, 0.717) is 5.25 Å². The number of rotatable bonds is 9. The Hall–Kier alpha value is -0.510. The quantitative estimate of drug-likeness (QED) is 0.531. The second kappa shape index (κ2) is 9.42. The fraction of sp³-hybridized carbons (Fsp3) is 0.600. The van der Waals surface area contributed by atoms with Crippen molar-refractivity contribution in [3.63, 3.8) is 0 Å². The van der Waals surface area contributed by atoms with E-state index in [1.807, 2.05) is 11.8 Å². The Morgan fingerprint density at radius 3 is 2.28 bits per heavy atom. The summed E-state index contributed by atoms with van der Waals surface area (Å²) < 4.78 is 0. The molecule has 0 atom stereocenters. The highest BCUT2D eigenvalue weighted by molar-refractivity contribution is 7.99. The Bertz CT molecular complexity index is 309. The predicted molar refractivity (Wildman–Crippen MR) is 82.6 cm³/mol. The Balaban J connectivity index is 2.18. The molecule has 0 aliphatic rings. The van der Waals surface area contributed by atoms with E-state index < -0.39 is 0 Å². The standard InChI is InChI=1S/C15H26N2S/c1-4-16-11-12-17-10-9-14-5-7-15(8-6-14)18-13(2)3/h5-8,13,16-17H,4,9-12H2,1-3H3. The van der Waals surface area contributed by atoms with E-state index in [1.54, 1.807) is 0 Å². The molecule has 0 aliphatic carbocycles. The van der Waals surface area contributed by atoms with Gasteiger partial charge in [-0.2, -0.15) is 0 Å². The minimum absolute atomic E-state index is 0.656. The number of thioether (sulfide) groups is 1. The van der Waals surface area contributed by atoms with Crippen LogP contribution in [0.3, 0.4) is 0 Å². The minimum Gasteiger partial charge on any atom is -0.316 e. The topological polar surface area (TPSA) is 24.1 Å². The molecule has 0 spiro atoms. The lowest BCUT2D eigenvalue weighted by molar-refractivity contribution is 0.624. The molecule has 1 aromatic rings. The van der Waals surface area contributed by atoms with Crippen molar-refractivity contribution in [1.82, 2.24) is 10.6 Å². The van der Waals surface area contributed by atoms with Gasteiger partial charge >= 0.3 is 0 Å². The van der Waals surface area contributed by atoms with Gasteiger partial charge in [0.15, 0.2) is 0 Å². The summed E-state index contributed by atoms with van der Waals surface area (Å²) in [5.74, 6) is 0. The zero-order chi connectivity index (χ0) is 13.2. The largest absolute Gasteiger partial charge is 0.316 e. The van der Waals surface area contributed by atoms with Crippen LogP contribution >= 0.6 is 11.8 Å². The van der Waals surface area contributed by atoms with E-state index in [9.17, 15) is 0 Å². The van der Waals surface area contributed by atoms with Gasteiger partial charge in [0, 0.05) is 23.2 Å². The van der Waals surface area contributed by atoms with Gasteiger partial charge < -0.3 is 10.6 Å². The number of hydrogen-bond donors (Lipinski definition) is 2. The number of hydrogen-bond acceptors (Lipinski definition) is 3. The molecule has 1 aromatic carbocycles. The van der Waals surface area contributed by atoms with Gasteiger partial charge in [-0.05, 0) is 37.2 Å². The van der Waals surface area contributed by atoms with Crippen molar-refractivity contribution in [3.05, 3.63) is 29.8 Å². The zero-order valence-corrected chi connectivity index (χ0v) is 12.6. The van der Waals surface area contributed by atoms with Crippen LogP contribution in [0.2, 0.25) is 0 Å². The zero-order valence-electron chi connectivity index (χ0n) is 11.8. The van der Waals surface area contributed by atoms with Gasteiger partial charge in [0.2, 0.25) is 0 Å². The van der Waals surface area contributed by atoms with Crippen LogP contribution in [0.15, 0.2) is 29.2 Å². The molecule has 0 amide bonds. The second-order valence-electron chi connectivity index (χ2n) is 4.66. The molecule has 1 rings (SSSR count). The highest BCUT2D eigenvalue weighted by atomic mass is 32.2. The first kappa shape index (κ1) is 15.5. The van der Waals surface area contributed by atoms with Crippen LogP contribution < -0.4 is 10.6 Å². The van der Waals surface area contributed by atoms with E-state index in [4.69, 9.17) is 0 Å². The minimum atomic E-state index is 0.656. The molecule has 0 radical (unpaired) electrons. The number of benzene rings is 1. The third kappa shape index (κ3) is 7.04. The lowest BCUT2D eigenvalue weighted by Gasteiger charge is -2.07. The Morgan fingerprint density at radius 1 is 1.00 bits per heavy atom. The molecule has 0 fully saturated rings. The van der Waals surface area contributed by atoms with Gasteiger partial charge in [-0.3, -0.25) is 0 Å². The molecule has 3 heteroatoms. The molecule has 18 heavy (non-hydrogen) atoms. The van der Waals surface area contributed by atoms with Crippen molar-refractivity contribution in [2.45, 2.75) is 37.3 Å². The maximum Gasteiger partial charge on any atom is 0.00768 e. The van der Waals surface area contributed by atoms with E-state index in [1.165, 1.54) is 10.5 Å². The van der Waals surface area contributed by atoms with Crippen LogP contribution in [0.4, 0.5) is 0 Å². The van der Waals surface area contributed by atoms with E-state index >= 15 is 0 Å². The van der Waals surface area contributed by atoms with Gasteiger partial charge in [-0.1, -0.05) is 32.9 Å². The van der Waals surface area contributed by atoms with Crippen molar-refractivity contribution < 1.29 is 0 Å². The van der Waals surface area contributed by atoms with E-state index in [2.05, 4.69) is 55.7 Å².